The first kappa shape index (κ1) is 10.1. The maximum Gasteiger partial charge on any atom is 0.147 e. The summed E-state index contributed by atoms with van der Waals surface area (Å²) in [5.74, 6) is -0.0868. The van der Waals surface area contributed by atoms with Crippen LogP contribution in [0.3, 0.4) is 0 Å². The zero-order valence-electron chi connectivity index (χ0n) is 7.31. The molecule has 0 radical (unpaired) electrons. The summed E-state index contributed by atoms with van der Waals surface area (Å²) in [7, 11) is 0. The summed E-state index contributed by atoms with van der Waals surface area (Å²) < 4.78 is 18.1. The zero-order valence-corrected chi connectivity index (χ0v) is 8.07. The Morgan fingerprint density at radius 1 is 1.54 bits per heavy atom. The van der Waals surface area contributed by atoms with Gasteiger partial charge in [-0.3, -0.25) is 0 Å². The lowest BCUT2D eigenvalue weighted by Crippen LogP contribution is -1.98. The summed E-state index contributed by atoms with van der Waals surface area (Å²) in [6.07, 6.45) is 0.869. The molecule has 0 bridgehead atoms. The molecule has 0 aliphatic heterocycles. The minimum atomic E-state index is -0.520. The van der Waals surface area contributed by atoms with Crippen molar-refractivity contribution in [2.24, 2.45) is 0 Å². The van der Waals surface area contributed by atoms with Gasteiger partial charge in [0.25, 0.3) is 0 Å². The van der Waals surface area contributed by atoms with E-state index in [4.69, 9.17) is 22.1 Å². The fourth-order valence-electron chi connectivity index (χ4n) is 0.867. The van der Waals surface area contributed by atoms with Crippen molar-refractivity contribution in [3.8, 4) is 5.75 Å². The highest BCUT2D eigenvalue weighted by molar-refractivity contribution is 6.32. The molecule has 4 heteroatoms. The van der Waals surface area contributed by atoms with Gasteiger partial charge < -0.3 is 10.5 Å². The summed E-state index contributed by atoms with van der Waals surface area (Å²) in [6.45, 7) is 2.52. The van der Waals surface area contributed by atoms with Crippen LogP contribution in [-0.2, 0) is 0 Å². The van der Waals surface area contributed by atoms with E-state index < -0.39 is 5.82 Å². The van der Waals surface area contributed by atoms with E-state index in [1.165, 1.54) is 6.07 Å². The molecule has 1 aromatic carbocycles. The Bertz CT molecular complexity index is 304. The van der Waals surface area contributed by atoms with Crippen molar-refractivity contribution in [1.82, 2.24) is 0 Å². The molecular formula is C9H11ClFNO. The Morgan fingerprint density at radius 2 is 2.23 bits per heavy atom. The molecule has 0 saturated heterocycles. The summed E-state index contributed by atoms with van der Waals surface area (Å²) >= 11 is 5.72. The first-order valence-electron chi connectivity index (χ1n) is 4.02. The van der Waals surface area contributed by atoms with Crippen molar-refractivity contribution in [2.75, 3.05) is 12.3 Å². The third-order valence-electron chi connectivity index (χ3n) is 1.51. The van der Waals surface area contributed by atoms with E-state index in [1.807, 2.05) is 6.92 Å². The lowest BCUT2D eigenvalue weighted by Gasteiger charge is -2.07. The molecule has 0 saturated carbocycles. The quantitative estimate of drug-likeness (QED) is 0.767. The predicted molar refractivity (Wildman–Crippen MR) is 51.6 cm³/mol. The van der Waals surface area contributed by atoms with Gasteiger partial charge in [-0.1, -0.05) is 18.5 Å². The molecule has 72 valence electrons. The van der Waals surface area contributed by atoms with Crippen LogP contribution in [0.1, 0.15) is 13.3 Å². The monoisotopic (exact) mass is 203 g/mol. The summed E-state index contributed by atoms with van der Waals surface area (Å²) in [5.41, 5.74) is 5.40. The molecule has 0 aromatic heterocycles. The number of benzene rings is 1. The zero-order chi connectivity index (χ0) is 9.84. The molecular weight excluding hydrogens is 193 g/mol. The highest BCUT2D eigenvalue weighted by atomic mass is 35.5. The highest BCUT2D eigenvalue weighted by Gasteiger charge is 2.06. The number of nitrogens with two attached hydrogens (primary N) is 1. The molecule has 0 amide bonds. The molecule has 13 heavy (non-hydrogen) atoms. The van der Waals surface area contributed by atoms with Gasteiger partial charge in [0.05, 0.1) is 17.3 Å². The molecule has 0 atom stereocenters. The van der Waals surface area contributed by atoms with Crippen molar-refractivity contribution < 1.29 is 9.13 Å². The number of ether oxygens (including phenoxy) is 1. The maximum atomic E-state index is 12.8. The topological polar surface area (TPSA) is 35.2 Å². The van der Waals surface area contributed by atoms with Gasteiger partial charge in [-0.05, 0) is 12.5 Å². The molecule has 2 N–H and O–H groups in total. The van der Waals surface area contributed by atoms with Crippen molar-refractivity contribution >= 4 is 17.3 Å². The van der Waals surface area contributed by atoms with Crippen molar-refractivity contribution in [1.29, 1.82) is 0 Å². The number of rotatable bonds is 3. The van der Waals surface area contributed by atoms with Gasteiger partial charge in [0.1, 0.15) is 11.6 Å². The Balaban J connectivity index is 2.88. The average molecular weight is 204 g/mol. The fraction of sp³-hybridized carbons (Fsp3) is 0.333. The van der Waals surface area contributed by atoms with Gasteiger partial charge in [0, 0.05) is 6.07 Å². The highest BCUT2D eigenvalue weighted by Crippen LogP contribution is 2.28. The van der Waals surface area contributed by atoms with Crippen LogP contribution in [-0.4, -0.2) is 6.61 Å². The SMILES string of the molecule is CCCOc1cc(N)c(F)cc1Cl. The second kappa shape index (κ2) is 4.33. The third kappa shape index (κ3) is 2.49. The molecule has 0 aliphatic carbocycles. The molecule has 1 rings (SSSR count). The molecule has 0 fully saturated rings. The molecule has 0 heterocycles. The largest absolute Gasteiger partial charge is 0.492 e. The molecule has 2 nitrogen and oxygen atoms in total. The number of hydrogen-bond donors (Lipinski definition) is 1. The van der Waals surface area contributed by atoms with Crippen LogP contribution in [0.2, 0.25) is 5.02 Å². The van der Waals surface area contributed by atoms with Gasteiger partial charge in [-0.25, -0.2) is 4.39 Å². The van der Waals surface area contributed by atoms with Crippen molar-refractivity contribution in [3.63, 3.8) is 0 Å². The van der Waals surface area contributed by atoms with Crippen LogP contribution in [0.15, 0.2) is 12.1 Å². The Hall–Kier alpha value is -0.960. The Kier molecular flexibility index (Phi) is 3.37. The van der Waals surface area contributed by atoms with Crippen molar-refractivity contribution in [3.05, 3.63) is 23.0 Å². The lowest BCUT2D eigenvalue weighted by atomic mass is 10.3. The van der Waals surface area contributed by atoms with Crippen molar-refractivity contribution in [2.45, 2.75) is 13.3 Å². The molecule has 0 unspecified atom stereocenters. The van der Waals surface area contributed by atoms with Gasteiger partial charge in [-0.15, -0.1) is 0 Å². The maximum absolute atomic E-state index is 12.8. The minimum absolute atomic E-state index is 0.0514. The van der Waals surface area contributed by atoms with E-state index in [-0.39, 0.29) is 10.7 Å². The number of anilines is 1. The van der Waals surface area contributed by atoms with E-state index in [0.717, 1.165) is 12.5 Å². The summed E-state index contributed by atoms with van der Waals surface area (Å²) in [5, 5.41) is 0.250. The van der Waals surface area contributed by atoms with Crippen LogP contribution in [0.4, 0.5) is 10.1 Å². The number of hydrogen-bond acceptors (Lipinski definition) is 2. The van der Waals surface area contributed by atoms with E-state index in [2.05, 4.69) is 0 Å². The fourth-order valence-corrected chi connectivity index (χ4v) is 1.07. The summed E-state index contributed by atoms with van der Waals surface area (Å²) in [6, 6.07) is 2.55. The lowest BCUT2D eigenvalue weighted by molar-refractivity contribution is 0.317. The minimum Gasteiger partial charge on any atom is -0.492 e. The molecule has 1 aromatic rings. The van der Waals surface area contributed by atoms with Crippen LogP contribution < -0.4 is 10.5 Å². The Morgan fingerprint density at radius 3 is 2.85 bits per heavy atom. The van der Waals surface area contributed by atoms with E-state index in [1.54, 1.807) is 0 Å². The normalized spacial score (nSPS) is 10.1. The van der Waals surface area contributed by atoms with Gasteiger partial charge >= 0.3 is 0 Å². The standard InChI is InChI=1S/C9H11ClFNO/c1-2-3-13-9-5-8(12)7(11)4-6(9)10/h4-5H,2-3,12H2,1H3. The van der Waals surface area contributed by atoms with Crippen LogP contribution in [0, 0.1) is 5.82 Å². The van der Waals surface area contributed by atoms with Gasteiger partial charge in [0.15, 0.2) is 0 Å². The smallest absolute Gasteiger partial charge is 0.147 e. The number of halogens is 2. The van der Waals surface area contributed by atoms with Crippen LogP contribution >= 0.6 is 11.6 Å². The average Bonchev–Trinajstić information content (AvgIpc) is 2.09. The first-order chi connectivity index (χ1) is 6.15. The van der Waals surface area contributed by atoms with E-state index in [9.17, 15) is 4.39 Å². The summed E-state index contributed by atoms with van der Waals surface area (Å²) in [4.78, 5) is 0. The van der Waals surface area contributed by atoms with Crippen LogP contribution in [0.25, 0.3) is 0 Å². The van der Waals surface area contributed by atoms with E-state index in [0.29, 0.717) is 12.4 Å². The van der Waals surface area contributed by atoms with Gasteiger partial charge in [-0.2, -0.15) is 0 Å². The Labute approximate surface area is 81.4 Å². The first-order valence-corrected chi connectivity index (χ1v) is 4.40. The van der Waals surface area contributed by atoms with Gasteiger partial charge in [0.2, 0.25) is 0 Å². The predicted octanol–water partition coefficient (Wildman–Crippen LogP) is 2.85. The molecule has 0 aliphatic rings. The van der Waals surface area contributed by atoms with Crippen LogP contribution in [0.5, 0.6) is 5.75 Å². The molecule has 0 spiro atoms. The third-order valence-corrected chi connectivity index (χ3v) is 1.81. The van der Waals surface area contributed by atoms with E-state index >= 15 is 0 Å². The number of nitrogen functional groups attached to an aromatic ring is 1. The second-order valence-corrected chi connectivity index (χ2v) is 3.06. The second-order valence-electron chi connectivity index (χ2n) is 2.65.